The third-order valence-corrected chi connectivity index (χ3v) is 3.78. The van der Waals surface area contributed by atoms with Gasteiger partial charge in [-0.25, -0.2) is 0 Å². The number of nitro benzene ring substituents is 1. The molecule has 0 aliphatic rings. The van der Waals surface area contributed by atoms with E-state index >= 15 is 0 Å². The third-order valence-electron chi connectivity index (χ3n) is 3.78. The van der Waals surface area contributed by atoms with Gasteiger partial charge in [-0.05, 0) is 43.0 Å². The Morgan fingerprint density at radius 1 is 1.14 bits per heavy atom. The first-order valence-electron chi connectivity index (χ1n) is 7.09. The molecular formula is C17H20N2O2. The fraction of sp³-hybridized carbons (Fsp3) is 0.294. The Bertz CT molecular complexity index is 646. The Balaban J connectivity index is 2.21. The van der Waals surface area contributed by atoms with Crippen LogP contribution >= 0.6 is 0 Å². The first-order chi connectivity index (χ1) is 10.0. The van der Waals surface area contributed by atoms with Crippen LogP contribution in [0.3, 0.4) is 0 Å². The number of nitrogens with zero attached hydrogens (tertiary/aromatic N) is 1. The van der Waals surface area contributed by atoms with Crippen molar-refractivity contribution >= 4 is 11.4 Å². The maximum atomic E-state index is 11.1. The standard InChI is InChI=1S/C17H20N2O2/c1-4-14-8-9-15(10-17(14)19(20)21)18-11-16-12(2)6-5-7-13(16)3/h5-10,18H,4,11H2,1-3H3. The fourth-order valence-electron chi connectivity index (χ4n) is 2.46. The summed E-state index contributed by atoms with van der Waals surface area (Å²) in [5.74, 6) is 0. The van der Waals surface area contributed by atoms with Gasteiger partial charge in [-0.1, -0.05) is 31.2 Å². The lowest BCUT2D eigenvalue weighted by atomic mass is 10.0. The van der Waals surface area contributed by atoms with Crippen molar-refractivity contribution in [2.24, 2.45) is 0 Å². The summed E-state index contributed by atoms with van der Waals surface area (Å²) in [4.78, 5) is 10.8. The first kappa shape index (κ1) is 15.0. The van der Waals surface area contributed by atoms with E-state index < -0.39 is 0 Å². The summed E-state index contributed by atoms with van der Waals surface area (Å²) in [6.07, 6.45) is 0.660. The van der Waals surface area contributed by atoms with E-state index in [9.17, 15) is 10.1 Å². The summed E-state index contributed by atoms with van der Waals surface area (Å²) in [5, 5.41) is 14.4. The van der Waals surface area contributed by atoms with Gasteiger partial charge in [0.15, 0.2) is 0 Å². The van der Waals surface area contributed by atoms with Crippen LogP contribution in [0.4, 0.5) is 11.4 Å². The number of aryl methyl sites for hydroxylation is 3. The van der Waals surface area contributed by atoms with Gasteiger partial charge in [0.05, 0.1) is 4.92 Å². The number of benzene rings is 2. The van der Waals surface area contributed by atoms with Crippen molar-refractivity contribution in [1.29, 1.82) is 0 Å². The lowest BCUT2D eigenvalue weighted by Crippen LogP contribution is -2.04. The van der Waals surface area contributed by atoms with Crippen LogP contribution in [0.25, 0.3) is 0 Å². The monoisotopic (exact) mass is 284 g/mol. The number of anilines is 1. The molecule has 4 nitrogen and oxygen atoms in total. The Hall–Kier alpha value is -2.36. The Morgan fingerprint density at radius 2 is 1.81 bits per heavy atom. The van der Waals surface area contributed by atoms with E-state index in [0.29, 0.717) is 13.0 Å². The van der Waals surface area contributed by atoms with Crippen molar-refractivity contribution in [2.45, 2.75) is 33.7 Å². The predicted molar refractivity (Wildman–Crippen MR) is 85.7 cm³/mol. The van der Waals surface area contributed by atoms with Gasteiger partial charge in [-0.2, -0.15) is 0 Å². The smallest absolute Gasteiger partial charge is 0.274 e. The average Bonchev–Trinajstić information content (AvgIpc) is 2.46. The van der Waals surface area contributed by atoms with Gasteiger partial charge < -0.3 is 5.32 Å². The molecule has 0 atom stereocenters. The number of nitrogens with one attached hydrogen (secondary N) is 1. The van der Waals surface area contributed by atoms with Gasteiger partial charge in [-0.15, -0.1) is 0 Å². The van der Waals surface area contributed by atoms with E-state index in [1.165, 1.54) is 16.7 Å². The quantitative estimate of drug-likeness (QED) is 0.654. The molecule has 0 radical (unpaired) electrons. The van der Waals surface area contributed by atoms with Crippen molar-refractivity contribution in [1.82, 2.24) is 0 Å². The van der Waals surface area contributed by atoms with E-state index in [1.807, 2.05) is 25.1 Å². The molecule has 110 valence electrons. The molecule has 0 aliphatic heterocycles. The summed E-state index contributed by atoms with van der Waals surface area (Å²) >= 11 is 0. The minimum atomic E-state index is -0.316. The third kappa shape index (κ3) is 3.40. The lowest BCUT2D eigenvalue weighted by Gasteiger charge is -2.12. The molecule has 2 aromatic carbocycles. The van der Waals surface area contributed by atoms with Gasteiger partial charge in [0.1, 0.15) is 0 Å². The van der Waals surface area contributed by atoms with Crippen LogP contribution in [0.1, 0.15) is 29.2 Å². The summed E-state index contributed by atoms with van der Waals surface area (Å²) in [7, 11) is 0. The van der Waals surface area contributed by atoms with Crippen LogP contribution in [-0.2, 0) is 13.0 Å². The Labute approximate surface area is 125 Å². The van der Waals surface area contributed by atoms with Crippen LogP contribution in [-0.4, -0.2) is 4.92 Å². The Morgan fingerprint density at radius 3 is 2.38 bits per heavy atom. The zero-order valence-corrected chi connectivity index (χ0v) is 12.6. The average molecular weight is 284 g/mol. The molecule has 2 aromatic rings. The summed E-state index contributed by atoms with van der Waals surface area (Å²) in [6.45, 7) is 6.74. The number of nitro groups is 1. The normalized spacial score (nSPS) is 10.4. The zero-order valence-electron chi connectivity index (χ0n) is 12.6. The van der Waals surface area contributed by atoms with Crippen molar-refractivity contribution in [3.63, 3.8) is 0 Å². The minimum absolute atomic E-state index is 0.184. The van der Waals surface area contributed by atoms with Crippen LogP contribution < -0.4 is 5.32 Å². The van der Waals surface area contributed by atoms with E-state index in [0.717, 1.165) is 11.3 Å². The second-order valence-electron chi connectivity index (χ2n) is 5.18. The van der Waals surface area contributed by atoms with E-state index in [-0.39, 0.29) is 10.6 Å². The topological polar surface area (TPSA) is 55.2 Å². The molecule has 21 heavy (non-hydrogen) atoms. The number of hydrogen-bond acceptors (Lipinski definition) is 3. The molecule has 0 saturated heterocycles. The van der Waals surface area contributed by atoms with Gasteiger partial charge in [-0.3, -0.25) is 10.1 Å². The van der Waals surface area contributed by atoms with E-state index in [4.69, 9.17) is 0 Å². The molecule has 0 saturated carbocycles. The molecule has 0 heterocycles. The van der Waals surface area contributed by atoms with Crippen LogP contribution in [0, 0.1) is 24.0 Å². The predicted octanol–water partition coefficient (Wildman–Crippen LogP) is 4.39. The first-order valence-corrected chi connectivity index (χ1v) is 7.09. The molecule has 0 amide bonds. The molecule has 0 aliphatic carbocycles. The second-order valence-corrected chi connectivity index (χ2v) is 5.18. The maximum absolute atomic E-state index is 11.1. The van der Waals surface area contributed by atoms with Gasteiger partial charge in [0.2, 0.25) is 0 Å². The highest BCUT2D eigenvalue weighted by Gasteiger charge is 2.13. The van der Waals surface area contributed by atoms with Crippen LogP contribution in [0.15, 0.2) is 36.4 Å². The van der Waals surface area contributed by atoms with Crippen LogP contribution in [0.5, 0.6) is 0 Å². The summed E-state index contributed by atoms with van der Waals surface area (Å²) in [5.41, 5.74) is 5.41. The molecule has 0 unspecified atom stereocenters. The van der Waals surface area contributed by atoms with Crippen molar-refractivity contribution < 1.29 is 4.92 Å². The minimum Gasteiger partial charge on any atom is -0.381 e. The largest absolute Gasteiger partial charge is 0.381 e. The SMILES string of the molecule is CCc1ccc(NCc2c(C)cccc2C)cc1[N+](=O)[O-]. The molecule has 0 fully saturated rings. The highest BCUT2D eigenvalue weighted by Crippen LogP contribution is 2.24. The summed E-state index contributed by atoms with van der Waals surface area (Å²) in [6, 6.07) is 11.5. The second kappa shape index (κ2) is 6.39. The van der Waals surface area contributed by atoms with Gasteiger partial charge >= 0.3 is 0 Å². The lowest BCUT2D eigenvalue weighted by molar-refractivity contribution is -0.385. The molecule has 0 bridgehead atoms. The van der Waals surface area contributed by atoms with Crippen molar-refractivity contribution in [2.75, 3.05) is 5.32 Å². The number of rotatable bonds is 5. The molecule has 0 aromatic heterocycles. The van der Waals surface area contributed by atoms with E-state index in [2.05, 4.69) is 31.3 Å². The van der Waals surface area contributed by atoms with Crippen LogP contribution in [0.2, 0.25) is 0 Å². The molecular weight excluding hydrogens is 264 g/mol. The molecule has 4 heteroatoms. The Kier molecular flexibility index (Phi) is 4.58. The van der Waals surface area contributed by atoms with Crippen molar-refractivity contribution in [3.05, 3.63) is 68.8 Å². The van der Waals surface area contributed by atoms with Crippen molar-refractivity contribution in [3.8, 4) is 0 Å². The van der Waals surface area contributed by atoms with Gasteiger partial charge in [0.25, 0.3) is 5.69 Å². The highest BCUT2D eigenvalue weighted by molar-refractivity contribution is 5.55. The maximum Gasteiger partial charge on any atom is 0.274 e. The molecule has 2 rings (SSSR count). The van der Waals surface area contributed by atoms with E-state index in [1.54, 1.807) is 6.07 Å². The molecule has 1 N–H and O–H groups in total. The van der Waals surface area contributed by atoms with Gasteiger partial charge in [0, 0.05) is 23.9 Å². The fourth-order valence-corrected chi connectivity index (χ4v) is 2.46. The number of hydrogen-bond donors (Lipinski definition) is 1. The highest BCUT2D eigenvalue weighted by atomic mass is 16.6. The molecule has 0 spiro atoms. The zero-order chi connectivity index (χ0) is 15.4. The summed E-state index contributed by atoms with van der Waals surface area (Å²) < 4.78 is 0.